The van der Waals surface area contributed by atoms with E-state index in [2.05, 4.69) is 22.4 Å². The van der Waals surface area contributed by atoms with Gasteiger partial charge in [0.15, 0.2) is 5.82 Å². The van der Waals surface area contributed by atoms with Gasteiger partial charge in [-0.2, -0.15) is 0 Å². The van der Waals surface area contributed by atoms with Gasteiger partial charge in [-0.05, 0) is 22.4 Å². The summed E-state index contributed by atoms with van der Waals surface area (Å²) in [5.41, 5.74) is 7.71. The van der Waals surface area contributed by atoms with Crippen LogP contribution in [-0.4, -0.2) is 20.2 Å². The molecule has 0 aliphatic carbocycles. The van der Waals surface area contributed by atoms with Gasteiger partial charge in [-0.1, -0.05) is 37.6 Å². The molecule has 90 valence electrons. The Kier molecular flexibility index (Phi) is 3.82. The van der Waals surface area contributed by atoms with Gasteiger partial charge in [-0.15, -0.1) is 5.10 Å². The number of nitrogens with two attached hydrogens (primary N) is 1. The molecule has 1 heterocycles. The molecule has 5 heteroatoms. The van der Waals surface area contributed by atoms with Gasteiger partial charge in [0.25, 0.3) is 0 Å². The van der Waals surface area contributed by atoms with E-state index >= 15 is 0 Å². The second-order valence-corrected chi connectivity index (χ2v) is 3.98. The van der Waals surface area contributed by atoms with E-state index in [0.717, 1.165) is 36.3 Å². The molecule has 1 aromatic carbocycles. The number of hydrogen-bond acceptors (Lipinski definition) is 4. The first kappa shape index (κ1) is 11.7. The van der Waals surface area contributed by atoms with Crippen molar-refractivity contribution < 1.29 is 0 Å². The van der Waals surface area contributed by atoms with Crippen molar-refractivity contribution >= 4 is 0 Å². The minimum Gasteiger partial charge on any atom is -0.326 e. The Morgan fingerprint density at radius 3 is 2.65 bits per heavy atom. The zero-order valence-corrected chi connectivity index (χ0v) is 10.0. The highest BCUT2D eigenvalue weighted by Crippen LogP contribution is 2.16. The monoisotopic (exact) mass is 231 g/mol. The van der Waals surface area contributed by atoms with Gasteiger partial charge in [0.2, 0.25) is 0 Å². The topological polar surface area (TPSA) is 69.6 Å². The van der Waals surface area contributed by atoms with Crippen LogP contribution in [-0.2, 0) is 13.1 Å². The van der Waals surface area contributed by atoms with E-state index in [-0.39, 0.29) is 0 Å². The van der Waals surface area contributed by atoms with Crippen LogP contribution in [0.5, 0.6) is 0 Å². The molecule has 0 amide bonds. The maximum atomic E-state index is 5.57. The molecule has 0 aliphatic rings. The second kappa shape index (κ2) is 5.54. The van der Waals surface area contributed by atoms with Gasteiger partial charge in [0.05, 0.1) is 0 Å². The molecule has 17 heavy (non-hydrogen) atoms. The van der Waals surface area contributed by atoms with Crippen LogP contribution in [0.2, 0.25) is 0 Å². The molecule has 2 rings (SSSR count). The van der Waals surface area contributed by atoms with E-state index in [1.807, 2.05) is 28.9 Å². The van der Waals surface area contributed by atoms with Crippen LogP contribution >= 0.6 is 0 Å². The molecular formula is C12H17N5. The minimum atomic E-state index is 0.557. The number of benzene rings is 1. The first-order valence-corrected chi connectivity index (χ1v) is 5.90. The average Bonchev–Trinajstić information content (AvgIpc) is 2.84. The molecule has 0 atom stereocenters. The normalized spacial score (nSPS) is 10.7. The molecular weight excluding hydrogens is 214 g/mol. The summed E-state index contributed by atoms with van der Waals surface area (Å²) in [4.78, 5) is 0. The van der Waals surface area contributed by atoms with E-state index in [0.29, 0.717) is 6.54 Å². The lowest BCUT2D eigenvalue weighted by molar-refractivity contribution is 0.557. The zero-order chi connectivity index (χ0) is 12.1. The number of unbranched alkanes of at least 4 members (excludes halogenated alkanes) is 1. The van der Waals surface area contributed by atoms with Gasteiger partial charge in [-0.25, -0.2) is 4.68 Å². The summed E-state index contributed by atoms with van der Waals surface area (Å²) >= 11 is 0. The van der Waals surface area contributed by atoms with Crippen LogP contribution in [0.15, 0.2) is 24.3 Å². The van der Waals surface area contributed by atoms with Crippen LogP contribution in [0.4, 0.5) is 0 Å². The smallest absolute Gasteiger partial charge is 0.182 e. The van der Waals surface area contributed by atoms with Crippen LogP contribution in [0.1, 0.15) is 25.3 Å². The first-order chi connectivity index (χ1) is 8.35. The Labute approximate surface area is 101 Å². The molecule has 2 aromatic rings. The fourth-order valence-corrected chi connectivity index (χ4v) is 1.66. The molecule has 2 N–H and O–H groups in total. The summed E-state index contributed by atoms with van der Waals surface area (Å²) in [5.74, 6) is 0.821. The number of hydrogen-bond donors (Lipinski definition) is 1. The fraction of sp³-hybridized carbons (Fsp3) is 0.417. The highest BCUT2D eigenvalue weighted by molar-refractivity contribution is 5.54. The lowest BCUT2D eigenvalue weighted by atomic mass is 10.1. The quantitative estimate of drug-likeness (QED) is 0.848. The van der Waals surface area contributed by atoms with Crippen molar-refractivity contribution in [2.24, 2.45) is 5.73 Å². The summed E-state index contributed by atoms with van der Waals surface area (Å²) in [5, 5.41) is 11.8. The van der Waals surface area contributed by atoms with E-state index in [1.54, 1.807) is 0 Å². The molecule has 0 spiro atoms. The van der Waals surface area contributed by atoms with E-state index < -0.39 is 0 Å². The first-order valence-electron chi connectivity index (χ1n) is 5.90. The molecule has 1 aromatic heterocycles. The average molecular weight is 231 g/mol. The Bertz CT molecular complexity index is 460. The molecule has 0 unspecified atom stereocenters. The molecule has 0 fully saturated rings. The van der Waals surface area contributed by atoms with E-state index in [1.165, 1.54) is 0 Å². The van der Waals surface area contributed by atoms with Gasteiger partial charge in [-0.3, -0.25) is 0 Å². The van der Waals surface area contributed by atoms with Crippen molar-refractivity contribution in [2.75, 3.05) is 0 Å². The lowest BCUT2D eigenvalue weighted by Crippen LogP contribution is -2.03. The number of nitrogens with zero attached hydrogens (tertiary/aromatic N) is 4. The van der Waals surface area contributed by atoms with Crippen molar-refractivity contribution in [1.82, 2.24) is 20.2 Å². The third-order valence-electron chi connectivity index (χ3n) is 2.70. The third-order valence-corrected chi connectivity index (χ3v) is 2.70. The van der Waals surface area contributed by atoms with Crippen LogP contribution in [0.25, 0.3) is 11.4 Å². The molecule has 0 radical (unpaired) electrons. The van der Waals surface area contributed by atoms with E-state index in [9.17, 15) is 0 Å². The Morgan fingerprint density at radius 2 is 2.00 bits per heavy atom. The molecule has 5 nitrogen and oxygen atoms in total. The highest BCUT2D eigenvalue weighted by Gasteiger charge is 2.07. The van der Waals surface area contributed by atoms with Crippen LogP contribution in [0, 0.1) is 0 Å². The number of tetrazole rings is 1. The molecule has 0 saturated carbocycles. The summed E-state index contributed by atoms with van der Waals surface area (Å²) < 4.78 is 1.85. The fourth-order valence-electron chi connectivity index (χ4n) is 1.66. The summed E-state index contributed by atoms with van der Waals surface area (Å²) in [6.45, 7) is 3.57. The van der Waals surface area contributed by atoms with Gasteiger partial charge < -0.3 is 5.73 Å². The lowest BCUT2D eigenvalue weighted by Gasteiger charge is -2.04. The number of aryl methyl sites for hydroxylation is 1. The minimum absolute atomic E-state index is 0.557. The number of rotatable bonds is 5. The Hall–Kier alpha value is -1.75. The standard InChI is InChI=1S/C12H17N5/c1-2-3-8-17-12(14-15-16-17)11-6-4-10(9-13)5-7-11/h4-7H,2-3,8-9,13H2,1H3. The maximum Gasteiger partial charge on any atom is 0.182 e. The third kappa shape index (κ3) is 2.68. The predicted octanol–water partition coefficient (Wildman–Crippen LogP) is 1.60. The van der Waals surface area contributed by atoms with Gasteiger partial charge >= 0.3 is 0 Å². The molecule has 0 saturated heterocycles. The highest BCUT2D eigenvalue weighted by atomic mass is 15.5. The molecule has 0 aliphatic heterocycles. The van der Waals surface area contributed by atoms with Crippen LogP contribution < -0.4 is 5.73 Å². The van der Waals surface area contributed by atoms with Crippen molar-refractivity contribution in [2.45, 2.75) is 32.9 Å². The van der Waals surface area contributed by atoms with E-state index in [4.69, 9.17) is 5.73 Å². The zero-order valence-electron chi connectivity index (χ0n) is 10.0. The Morgan fingerprint density at radius 1 is 1.24 bits per heavy atom. The molecule has 0 bridgehead atoms. The number of aromatic nitrogens is 4. The summed E-state index contributed by atoms with van der Waals surface area (Å²) in [6, 6.07) is 8.04. The van der Waals surface area contributed by atoms with Crippen molar-refractivity contribution in [3.63, 3.8) is 0 Å². The van der Waals surface area contributed by atoms with Crippen molar-refractivity contribution in [3.8, 4) is 11.4 Å². The summed E-state index contributed by atoms with van der Waals surface area (Å²) in [7, 11) is 0. The van der Waals surface area contributed by atoms with Gasteiger partial charge in [0.1, 0.15) is 0 Å². The van der Waals surface area contributed by atoms with Crippen molar-refractivity contribution in [3.05, 3.63) is 29.8 Å². The second-order valence-electron chi connectivity index (χ2n) is 3.98. The van der Waals surface area contributed by atoms with Crippen molar-refractivity contribution in [1.29, 1.82) is 0 Å². The SMILES string of the molecule is CCCCn1nnnc1-c1ccc(CN)cc1. The largest absolute Gasteiger partial charge is 0.326 e. The summed E-state index contributed by atoms with van der Waals surface area (Å²) in [6.07, 6.45) is 2.21. The van der Waals surface area contributed by atoms with Gasteiger partial charge in [0, 0.05) is 18.7 Å². The Balaban J connectivity index is 2.23. The predicted molar refractivity (Wildman–Crippen MR) is 66.1 cm³/mol. The maximum absolute atomic E-state index is 5.57. The van der Waals surface area contributed by atoms with Crippen LogP contribution in [0.3, 0.4) is 0 Å².